The van der Waals surface area contributed by atoms with E-state index in [2.05, 4.69) is 62.8 Å². The summed E-state index contributed by atoms with van der Waals surface area (Å²) in [6.07, 6.45) is 3.36. The minimum absolute atomic E-state index is 0.322. The van der Waals surface area contributed by atoms with Gasteiger partial charge in [0.05, 0.1) is 0 Å². The maximum Gasteiger partial charge on any atom is 0.0361 e. The monoisotopic (exact) mass is 222 g/mol. The van der Waals surface area contributed by atoms with Crippen molar-refractivity contribution in [2.75, 3.05) is 0 Å². The van der Waals surface area contributed by atoms with Gasteiger partial charge in [-0.15, -0.1) is 0 Å². The van der Waals surface area contributed by atoms with Gasteiger partial charge in [-0.1, -0.05) is 27.7 Å². The van der Waals surface area contributed by atoms with Crippen LogP contribution in [0, 0.1) is 5.41 Å². The van der Waals surface area contributed by atoms with Gasteiger partial charge in [-0.3, -0.25) is 0 Å². The van der Waals surface area contributed by atoms with Crippen LogP contribution < -0.4 is 5.32 Å². The Hall–Kier alpha value is -0.760. The zero-order chi connectivity index (χ0) is 12.2. The van der Waals surface area contributed by atoms with Crippen LogP contribution in [-0.2, 0) is 13.1 Å². The fourth-order valence-electron chi connectivity index (χ4n) is 1.63. The Balaban J connectivity index is 2.51. The molecule has 0 saturated carbocycles. The van der Waals surface area contributed by atoms with E-state index in [-0.39, 0.29) is 0 Å². The van der Waals surface area contributed by atoms with Gasteiger partial charge in [0.1, 0.15) is 0 Å². The molecule has 0 fully saturated rings. The van der Waals surface area contributed by atoms with E-state index in [1.54, 1.807) is 0 Å². The lowest BCUT2D eigenvalue weighted by Gasteiger charge is -2.28. The SMILES string of the molecule is CCCn1cccc1CNC(C)C(C)(C)C. The Morgan fingerprint density at radius 1 is 1.38 bits per heavy atom. The lowest BCUT2D eigenvalue weighted by atomic mass is 9.88. The van der Waals surface area contributed by atoms with Gasteiger partial charge in [-0.2, -0.15) is 0 Å². The van der Waals surface area contributed by atoms with E-state index in [1.807, 2.05) is 0 Å². The van der Waals surface area contributed by atoms with Crippen LogP contribution in [0.1, 0.15) is 46.7 Å². The largest absolute Gasteiger partial charge is 0.350 e. The summed E-state index contributed by atoms with van der Waals surface area (Å²) >= 11 is 0. The van der Waals surface area contributed by atoms with Gasteiger partial charge in [-0.05, 0) is 30.9 Å². The highest BCUT2D eigenvalue weighted by molar-refractivity contribution is 5.07. The Morgan fingerprint density at radius 3 is 2.62 bits per heavy atom. The molecule has 1 aromatic heterocycles. The van der Waals surface area contributed by atoms with Crippen LogP contribution >= 0.6 is 0 Å². The highest BCUT2D eigenvalue weighted by Gasteiger charge is 2.19. The van der Waals surface area contributed by atoms with Crippen molar-refractivity contribution < 1.29 is 0 Å². The highest BCUT2D eigenvalue weighted by Crippen LogP contribution is 2.18. The third kappa shape index (κ3) is 3.67. The van der Waals surface area contributed by atoms with Crippen LogP contribution in [-0.4, -0.2) is 10.6 Å². The average Bonchev–Trinajstić information content (AvgIpc) is 2.61. The first-order chi connectivity index (χ1) is 7.45. The maximum atomic E-state index is 3.60. The minimum Gasteiger partial charge on any atom is -0.350 e. The van der Waals surface area contributed by atoms with Crippen molar-refractivity contribution in [1.29, 1.82) is 0 Å². The Bertz CT molecular complexity index is 307. The number of hydrogen-bond donors (Lipinski definition) is 1. The van der Waals surface area contributed by atoms with Crippen molar-refractivity contribution in [3.8, 4) is 0 Å². The smallest absolute Gasteiger partial charge is 0.0361 e. The third-order valence-electron chi connectivity index (χ3n) is 3.28. The molecular weight excluding hydrogens is 196 g/mol. The maximum absolute atomic E-state index is 3.60. The fraction of sp³-hybridized carbons (Fsp3) is 0.714. The zero-order valence-electron chi connectivity index (χ0n) is 11.4. The summed E-state index contributed by atoms with van der Waals surface area (Å²) in [4.78, 5) is 0. The first-order valence-corrected chi connectivity index (χ1v) is 6.32. The summed E-state index contributed by atoms with van der Waals surface area (Å²) in [5, 5.41) is 3.60. The normalized spacial score (nSPS) is 14.1. The summed E-state index contributed by atoms with van der Waals surface area (Å²) < 4.78 is 2.34. The molecule has 0 amide bonds. The molecule has 92 valence electrons. The van der Waals surface area contributed by atoms with E-state index in [4.69, 9.17) is 0 Å². The highest BCUT2D eigenvalue weighted by atomic mass is 15.0. The zero-order valence-corrected chi connectivity index (χ0v) is 11.4. The Kier molecular flexibility index (Phi) is 4.60. The Morgan fingerprint density at radius 2 is 2.06 bits per heavy atom. The third-order valence-corrected chi connectivity index (χ3v) is 3.28. The summed E-state index contributed by atoms with van der Waals surface area (Å²) in [6.45, 7) is 13.4. The van der Waals surface area contributed by atoms with Crippen molar-refractivity contribution in [1.82, 2.24) is 9.88 Å². The van der Waals surface area contributed by atoms with Crippen LogP contribution in [0.2, 0.25) is 0 Å². The molecule has 1 heterocycles. The molecule has 0 aliphatic heterocycles. The van der Waals surface area contributed by atoms with Crippen LogP contribution in [0.15, 0.2) is 18.3 Å². The topological polar surface area (TPSA) is 17.0 Å². The molecule has 1 aromatic rings. The minimum atomic E-state index is 0.322. The molecule has 1 atom stereocenters. The molecule has 16 heavy (non-hydrogen) atoms. The van der Waals surface area contributed by atoms with Gasteiger partial charge in [0.2, 0.25) is 0 Å². The molecular formula is C14H26N2. The lowest BCUT2D eigenvalue weighted by molar-refractivity contribution is 0.283. The van der Waals surface area contributed by atoms with Crippen LogP contribution in [0.5, 0.6) is 0 Å². The second kappa shape index (κ2) is 5.53. The molecule has 1 N–H and O–H groups in total. The molecule has 0 aromatic carbocycles. The molecule has 2 heteroatoms. The summed E-state index contributed by atoms with van der Waals surface area (Å²) in [6, 6.07) is 4.87. The van der Waals surface area contributed by atoms with Crippen molar-refractivity contribution in [3.05, 3.63) is 24.0 Å². The van der Waals surface area contributed by atoms with E-state index in [1.165, 1.54) is 12.1 Å². The van der Waals surface area contributed by atoms with Gasteiger partial charge in [0.25, 0.3) is 0 Å². The molecule has 0 bridgehead atoms. The van der Waals surface area contributed by atoms with Crippen molar-refractivity contribution in [3.63, 3.8) is 0 Å². The van der Waals surface area contributed by atoms with E-state index < -0.39 is 0 Å². The quantitative estimate of drug-likeness (QED) is 0.807. The number of nitrogens with one attached hydrogen (secondary N) is 1. The van der Waals surface area contributed by atoms with Gasteiger partial charge in [0, 0.05) is 31.0 Å². The standard InChI is InChI=1S/C14H26N2/c1-6-9-16-10-7-8-13(16)11-15-12(2)14(3,4)5/h7-8,10,12,15H,6,9,11H2,1-5H3. The summed E-state index contributed by atoms with van der Waals surface area (Å²) in [5.41, 5.74) is 1.71. The number of nitrogens with zero attached hydrogens (tertiary/aromatic N) is 1. The number of rotatable bonds is 5. The van der Waals surface area contributed by atoms with E-state index >= 15 is 0 Å². The van der Waals surface area contributed by atoms with Crippen molar-refractivity contribution in [2.24, 2.45) is 5.41 Å². The first kappa shape index (κ1) is 13.3. The van der Waals surface area contributed by atoms with E-state index in [0.717, 1.165) is 13.1 Å². The van der Waals surface area contributed by atoms with E-state index in [0.29, 0.717) is 11.5 Å². The first-order valence-electron chi connectivity index (χ1n) is 6.32. The molecule has 2 nitrogen and oxygen atoms in total. The van der Waals surface area contributed by atoms with Gasteiger partial charge >= 0.3 is 0 Å². The Labute approximate surface area is 100 Å². The van der Waals surface area contributed by atoms with Crippen LogP contribution in [0.3, 0.4) is 0 Å². The summed E-state index contributed by atoms with van der Waals surface area (Å²) in [5.74, 6) is 0. The molecule has 0 radical (unpaired) electrons. The van der Waals surface area contributed by atoms with E-state index in [9.17, 15) is 0 Å². The predicted octanol–water partition coefficient (Wildman–Crippen LogP) is 3.42. The van der Waals surface area contributed by atoms with Gasteiger partial charge in [-0.25, -0.2) is 0 Å². The average molecular weight is 222 g/mol. The molecule has 0 aliphatic rings. The molecule has 1 rings (SSSR count). The summed E-state index contributed by atoms with van der Waals surface area (Å²) in [7, 11) is 0. The van der Waals surface area contributed by atoms with Crippen molar-refractivity contribution in [2.45, 2.75) is 60.2 Å². The molecule has 0 aliphatic carbocycles. The molecule has 0 spiro atoms. The second-order valence-electron chi connectivity index (χ2n) is 5.66. The number of aryl methyl sites for hydroxylation is 1. The van der Waals surface area contributed by atoms with Gasteiger partial charge < -0.3 is 9.88 Å². The van der Waals surface area contributed by atoms with Crippen LogP contribution in [0.4, 0.5) is 0 Å². The number of aromatic nitrogens is 1. The lowest BCUT2D eigenvalue weighted by Crippen LogP contribution is -2.37. The second-order valence-corrected chi connectivity index (χ2v) is 5.66. The van der Waals surface area contributed by atoms with Crippen LogP contribution in [0.25, 0.3) is 0 Å². The number of hydrogen-bond acceptors (Lipinski definition) is 1. The predicted molar refractivity (Wildman–Crippen MR) is 70.5 cm³/mol. The fourth-order valence-corrected chi connectivity index (χ4v) is 1.63. The van der Waals surface area contributed by atoms with Crippen molar-refractivity contribution >= 4 is 0 Å². The molecule has 0 saturated heterocycles. The molecule has 1 unspecified atom stereocenters. The van der Waals surface area contributed by atoms with Gasteiger partial charge in [0.15, 0.2) is 0 Å².